The van der Waals surface area contributed by atoms with Gasteiger partial charge in [0.1, 0.15) is 18.2 Å². The molecule has 0 saturated carbocycles. The number of carbonyl (C=O) groups is 1. The second kappa shape index (κ2) is 11.8. The van der Waals surface area contributed by atoms with Crippen molar-refractivity contribution in [1.29, 1.82) is 0 Å². The Hall–Kier alpha value is -3.72. The molecule has 0 amide bonds. The molecule has 0 spiro atoms. The molecule has 0 aliphatic carbocycles. The SMILES string of the molecule is CCOC(=O)C1=C(C)N=c2s/c(=C\c3cc(Cl)ccc3OCc3ccc(Cl)cc3)c(=O)n2[C@@H]1c1ccc(F)cc1. The van der Waals surface area contributed by atoms with Crippen molar-refractivity contribution < 1.29 is 18.7 Å². The minimum atomic E-state index is -0.835. The molecule has 1 aromatic heterocycles. The monoisotopic (exact) mass is 596 g/mol. The molecule has 1 atom stereocenters. The number of fused-ring (bicyclic) bond motifs is 1. The summed E-state index contributed by atoms with van der Waals surface area (Å²) in [5.41, 5.74) is 2.37. The molecule has 0 saturated heterocycles. The van der Waals surface area contributed by atoms with E-state index in [4.69, 9.17) is 32.7 Å². The first-order chi connectivity index (χ1) is 19.2. The highest BCUT2D eigenvalue weighted by Crippen LogP contribution is 2.31. The minimum Gasteiger partial charge on any atom is -0.488 e. The number of halogens is 3. The third kappa shape index (κ3) is 5.75. The Morgan fingerprint density at radius 2 is 1.77 bits per heavy atom. The number of esters is 1. The Morgan fingerprint density at radius 3 is 2.48 bits per heavy atom. The number of carbonyl (C=O) groups excluding carboxylic acids is 1. The predicted molar refractivity (Wildman–Crippen MR) is 154 cm³/mol. The Kier molecular flexibility index (Phi) is 8.21. The van der Waals surface area contributed by atoms with Crippen LogP contribution in [0.15, 0.2) is 87.8 Å². The highest BCUT2D eigenvalue weighted by Gasteiger charge is 2.33. The van der Waals surface area contributed by atoms with Crippen LogP contribution in [-0.4, -0.2) is 17.1 Å². The molecular formula is C30H23Cl2FN2O4S. The van der Waals surface area contributed by atoms with Gasteiger partial charge in [-0.3, -0.25) is 9.36 Å². The minimum absolute atomic E-state index is 0.156. The van der Waals surface area contributed by atoms with Crippen LogP contribution in [0.3, 0.4) is 0 Å². The maximum absolute atomic E-state index is 13.9. The van der Waals surface area contributed by atoms with Crippen molar-refractivity contribution in [3.8, 4) is 5.75 Å². The van der Waals surface area contributed by atoms with Gasteiger partial charge in [0.25, 0.3) is 5.56 Å². The van der Waals surface area contributed by atoms with Gasteiger partial charge in [0.05, 0.1) is 28.5 Å². The Labute approximate surface area is 243 Å². The number of hydrogen-bond donors (Lipinski definition) is 0. The van der Waals surface area contributed by atoms with Gasteiger partial charge in [0.15, 0.2) is 4.80 Å². The maximum atomic E-state index is 13.9. The molecule has 0 bridgehead atoms. The molecule has 5 rings (SSSR count). The molecule has 1 aliphatic rings. The van der Waals surface area contributed by atoms with E-state index in [1.54, 1.807) is 62.4 Å². The fourth-order valence-corrected chi connectivity index (χ4v) is 5.74. The molecular weight excluding hydrogens is 574 g/mol. The lowest BCUT2D eigenvalue weighted by Gasteiger charge is -2.24. The van der Waals surface area contributed by atoms with Crippen LogP contribution in [0.5, 0.6) is 5.75 Å². The van der Waals surface area contributed by atoms with Gasteiger partial charge in [-0.2, -0.15) is 0 Å². The molecule has 0 unspecified atom stereocenters. The summed E-state index contributed by atoms with van der Waals surface area (Å²) in [5.74, 6) is -0.481. The first-order valence-corrected chi connectivity index (χ1v) is 13.9. The number of allylic oxidation sites excluding steroid dienone is 1. The summed E-state index contributed by atoms with van der Waals surface area (Å²) in [6.07, 6.45) is 1.69. The van der Waals surface area contributed by atoms with Crippen LogP contribution in [0.1, 0.15) is 36.6 Å². The number of aromatic nitrogens is 1. The van der Waals surface area contributed by atoms with E-state index < -0.39 is 17.8 Å². The van der Waals surface area contributed by atoms with E-state index in [1.165, 1.54) is 28.0 Å². The van der Waals surface area contributed by atoms with Gasteiger partial charge in [-0.15, -0.1) is 0 Å². The number of ether oxygens (including phenoxy) is 2. The first kappa shape index (κ1) is 27.8. The fourth-order valence-electron chi connectivity index (χ4n) is 4.40. The number of benzene rings is 3. The normalized spacial score (nSPS) is 15.0. The maximum Gasteiger partial charge on any atom is 0.338 e. The first-order valence-electron chi connectivity index (χ1n) is 12.4. The van der Waals surface area contributed by atoms with Gasteiger partial charge in [-0.25, -0.2) is 14.2 Å². The van der Waals surface area contributed by atoms with E-state index >= 15 is 0 Å². The van der Waals surface area contributed by atoms with E-state index in [9.17, 15) is 14.0 Å². The van der Waals surface area contributed by atoms with Crippen LogP contribution in [0, 0.1) is 5.82 Å². The van der Waals surface area contributed by atoms with Crippen LogP contribution in [0.25, 0.3) is 6.08 Å². The quantitative estimate of drug-likeness (QED) is 0.252. The second-order valence-electron chi connectivity index (χ2n) is 8.95. The molecule has 40 heavy (non-hydrogen) atoms. The van der Waals surface area contributed by atoms with Gasteiger partial charge in [0.2, 0.25) is 0 Å². The van der Waals surface area contributed by atoms with Crippen LogP contribution in [0.2, 0.25) is 10.0 Å². The van der Waals surface area contributed by atoms with Crippen LogP contribution >= 0.6 is 34.5 Å². The van der Waals surface area contributed by atoms with Crippen molar-refractivity contribution in [3.05, 3.63) is 130 Å². The molecule has 3 aromatic carbocycles. The topological polar surface area (TPSA) is 69.9 Å². The lowest BCUT2D eigenvalue weighted by atomic mass is 9.96. The molecule has 1 aliphatic heterocycles. The summed E-state index contributed by atoms with van der Waals surface area (Å²) in [6.45, 7) is 3.84. The van der Waals surface area contributed by atoms with Crippen molar-refractivity contribution in [2.24, 2.45) is 4.99 Å². The van der Waals surface area contributed by atoms with E-state index in [-0.39, 0.29) is 24.3 Å². The Bertz CT molecular complexity index is 1800. The van der Waals surface area contributed by atoms with Crippen molar-refractivity contribution in [1.82, 2.24) is 4.57 Å². The highest BCUT2D eigenvalue weighted by atomic mass is 35.5. The third-order valence-electron chi connectivity index (χ3n) is 6.27. The lowest BCUT2D eigenvalue weighted by Crippen LogP contribution is -2.39. The average Bonchev–Trinajstić information content (AvgIpc) is 3.23. The van der Waals surface area contributed by atoms with E-state index in [0.29, 0.717) is 42.0 Å². The van der Waals surface area contributed by atoms with Crippen LogP contribution in [-0.2, 0) is 16.1 Å². The standard InChI is InChI=1S/C30H23Cl2FN2O4S/c1-3-38-29(37)26-17(2)34-30-35(27(26)19-6-11-23(33)12-7-19)28(36)25(40-30)15-20-14-22(32)10-13-24(20)39-16-18-4-8-21(31)9-5-18/h4-15,27H,3,16H2,1-2H3/b25-15-/t27-/m1/s1. The van der Waals surface area contributed by atoms with Crippen molar-refractivity contribution >= 4 is 46.6 Å². The smallest absolute Gasteiger partial charge is 0.338 e. The summed E-state index contributed by atoms with van der Waals surface area (Å²) in [5, 5.41) is 1.11. The van der Waals surface area contributed by atoms with Gasteiger partial charge >= 0.3 is 5.97 Å². The molecule has 0 N–H and O–H groups in total. The second-order valence-corrected chi connectivity index (χ2v) is 10.8. The number of thiazole rings is 1. The van der Waals surface area contributed by atoms with Crippen LogP contribution < -0.4 is 19.6 Å². The largest absolute Gasteiger partial charge is 0.488 e. The zero-order valence-electron chi connectivity index (χ0n) is 21.5. The predicted octanol–water partition coefficient (Wildman–Crippen LogP) is 5.82. The van der Waals surface area contributed by atoms with Gasteiger partial charge in [-0.05, 0) is 73.5 Å². The summed E-state index contributed by atoms with van der Waals surface area (Å²) >= 11 is 13.5. The average molecular weight is 597 g/mol. The van der Waals surface area contributed by atoms with Gasteiger partial charge < -0.3 is 9.47 Å². The molecule has 0 radical (unpaired) electrons. The third-order valence-corrected chi connectivity index (χ3v) is 7.74. The zero-order valence-corrected chi connectivity index (χ0v) is 23.8. The zero-order chi connectivity index (χ0) is 28.4. The number of rotatable bonds is 7. The summed E-state index contributed by atoms with van der Waals surface area (Å²) in [4.78, 5) is 31.8. The van der Waals surface area contributed by atoms with Crippen molar-refractivity contribution in [3.63, 3.8) is 0 Å². The van der Waals surface area contributed by atoms with Gasteiger partial charge in [0, 0.05) is 15.6 Å². The Balaban J connectivity index is 1.61. The summed E-state index contributed by atoms with van der Waals surface area (Å²) < 4.78 is 26.9. The van der Waals surface area contributed by atoms with Crippen LogP contribution in [0.4, 0.5) is 4.39 Å². The Morgan fingerprint density at radius 1 is 1.07 bits per heavy atom. The molecule has 2 heterocycles. The fraction of sp³-hybridized carbons (Fsp3) is 0.167. The van der Waals surface area contributed by atoms with Crippen molar-refractivity contribution in [2.75, 3.05) is 6.61 Å². The molecule has 6 nitrogen and oxygen atoms in total. The summed E-state index contributed by atoms with van der Waals surface area (Å²) in [7, 11) is 0. The lowest BCUT2D eigenvalue weighted by molar-refractivity contribution is -0.139. The van der Waals surface area contributed by atoms with Gasteiger partial charge in [-0.1, -0.05) is 58.8 Å². The number of nitrogens with zero attached hydrogens (tertiary/aromatic N) is 2. The van der Waals surface area contributed by atoms with E-state index in [2.05, 4.69) is 4.99 Å². The molecule has 0 fully saturated rings. The van der Waals surface area contributed by atoms with Crippen molar-refractivity contribution in [2.45, 2.75) is 26.5 Å². The summed E-state index contributed by atoms with van der Waals surface area (Å²) in [6, 6.07) is 17.3. The van der Waals surface area contributed by atoms with E-state index in [1.807, 2.05) is 12.1 Å². The number of hydrogen-bond acceptors (Lipinski definition) is 6. The highest BCUT2D eigenvalue weighted by molar-refractivity contribution is 7.07. The molecule has 10 heteroatoms. The van der Waals surface area contributed by atoms with E-state index in [0.717, 1.165) is 5.56 Å². The molecule has 204 valence electrons. The molecule has 4 aromatic rings.